The molecule has 0 bridgehead atoms. The van der Waals surface area contributed by atoms with Crippen molar-refractivity contribution in [2.45, 2.75) is 33.3 Å². The van der Waals surface area contributed by atoms with Crippen LogP contribution in [-0.2, 0) is 11.3 Å². The van der Waals surface area contributed by atoms with Gasteiger partial charge in [0.1, 0.15) is 0 Å². The van der Waals surface area contributed by atoms with Crippen molar-refractivity contribution in [3.8, 4) is 0 Å². The molecule has 0 aliphatic heterocycles. The molecule has 1 N–H and O–H groups in total. The second kappa shape index (κ2) is 7.46. The Balaban J connectivity index is 2.37. The average molecular weight is 235 g/mol. The molecule has 17 heavy (non-hydrogen) atoms. The number of ether oxygens (including phenoxy) is 1. The number of nitrogens with one attached hydrogen (secondary N) is 1. The van der Waals surface area contributed by atoms with Gasteiger partial charge < -0.3 is 10.1 Å². The maximum atomic E-state index is 5.85. The third-order valence-electron chi connectivity index (χ3n) is 3.02. The molecule has 0 heterocycles. The Morgan fingerprint density at radius 3 is 2.53 bits per heavy atom. The Labute approximate surface area is 105 Å². The molecule has 0 saturated carbocycles. The molecule has 0 spiro atoms. The Morgan fingerprint density at radius 1 is 1.24 bits per heavy atom. The summed E-state index contributed by atoms with van der Waals surface area (Å²) in [6.45, 7) is 7.05. The van der Waals surface area contributed by atoms with E-state index in [1.807, 2.05) is 13.1 Å². The highest BCUT2D eigenvalue weighted by Gasteiger charge is 2.22. The van der Waals surface area contributed by atoms with Crippen molar-refractivity contribution in [3.63, 3.8) is 0 Å². The van der Waals surface area contributed by atoms with Crippen LogP contribution in [-0.4, -0.2) is 20.2 Å². The molecule has 1 unspecified atom stereocenters. The van der Waals surface area contributed by atoms with Gasteiger partial charge in [-0.3, -0.25) is 0 Å². The molecule has 0 radical (unpaired) electrons. The standard InChI is InChI=1S/C15H25NO/c1-4-10-15(2,12-16-3)13-17-11-14-8-6-5-7-9-14/h5-9,16H,4,10-13H2,1-3H3. The molecule has 0 amide bonds. The van der Waals surface area contributed by atoms with Gasteiger partial charge >= 0.3 is 0 Å². The van der Waals surface area contributed by atoms with Gasteiger partial charge in [-0.25, -0.2) is 0 Å². The largest absolute Gasteiger partial charge is 0.376 e. The van der Waals surface area contributed by atoms with E-state index in [1.54, 1.807) is 0 Å². The quantitative estimate of drug-likeness (QED) is 0.747. The van der Waals surface area contributed by atoms with Gasteiger partial charge in [0.05, 0.1) is 13.2 Å². The minimum Gasteiger partial charge on any atom is -0.376 e. The van der Waals surface area contributed by atoms with Crippen LogP contribution in [0.2, 0.25) is 0 Å². The summed E-state index contributed by atoms with van der Waals surface area (Å²) in [6, 6.07) is 10.4. The average Bonchev–Trinajstić information content (AvgIpc) is 2.31. The Kier molecular flexibility index (Phi) is 6.23. The predicted octanol–water partition coefficient (Wildman–Crippen LogP) is 3.23. The molecule has 0 aromatic heterocycles. The lowest BCUT2D eigenvalue weighted by molar-refractivity contribution is 0.0382. The van der Waals surface area contributed by atoms with E-state index in [0.717, 1.165) is 13.2 Å². The molecule has 2 heteroatoms. The topological polar surface area (TPSA) is 21.3 Å². The van der Waals surface area contributed by atoms with Crippen molar-refractivity contribution < 1.29 is 4.74 Å². The SMILES string of the molecule is CCCC(C)(CNC)COCc1ccccc1. The van der Waals surface area contributed by atoms with Crippen molar-refractivity contribution in [1.29, 1.82) is 0 Å². The first-order valence-electron chi connectivity index (χ1n) is 6.46. The molecule has 2 nitrogen and oxygen atoms in total. The van der Waals surface area contributed by atoms with Crippen LogP contribution in [0, 0.1) is 5.41 Å². The molecular weight excluding hydrogens is 210 g/mol. The normalized spacial score (nSPS) is 14.5. The molecule has 1 aromatic rings. The summed E-state index contributed by atoms with van der Waals surface area (Å²) in [7, 11) is 2.01. The van der Waals surface area contributed by atoms with Crippen LogP contribution >= 0.6 is 0 Å². The van der Waals surface area contributed by atoms with Crippen molar-refractivity contribution in [2.75, 3.05) is 20.2 Å². The van der Waals surface area contributed by atoms with E-state index in [4.69, 9.17) is 4.74 Å². The second-order valence-corrected chi connectivity index (χ2v) is 5.07. The van der Waals surface area contributed by atoms with Gasteiger partial charge in [-0.2, -0.15) is 0 Å². The fourth-order valence-corrected chi connectivity index (χ4v) is 2.23. The third-order valence-corrected chi connectivity index (χ3v) is 3.02. The molecule has 1 aromatic carbocycles. The smallest absolute Gasteiger partial charge is 0.0717 e. The number of rotatable bonds is 8. The van der Waals surface area contributed by atoms with Gasteiger partial charge in [-0.15, -0.1) is 0 Å². The fraction of sp³-hybridized carbons (Fsp3) is 0.600. The summed E-state index contributed by atoms with van der Waals surface area (Å²) in [5.41, 5.74) is 1.49. The van der Waals surface area contributed by atoms with Gasteiger partial charge in [0.15, 0.2) is 0 Å². The van der Waals surface area contributed by atoms with Crippen molar-refractivity contribution in [2.24, 2.45) is 5.41 Å². The van der Waals surface area contributed by atoms with Crippen LogP contribution < -0.4 is 5.32 Å². The second-order valence-electron chi connectivity index (χ2n) is 5.07. The summed E-state index contributed by atoms with van der Waals surface area (Å²) in [6.07, 6.45) is 2.40. The van der Waals surface area contributed by atoms with Gasteiger partial charge in [-0.05, 0) is 19.0 Å². The molecular formula is C15H25NO. The van der Waals surface area contributed by atoms with E-state index in [-0.39, 0.29) is 5.41 Å². The summed E-state index contributed by atoms with van der Waals surface area (Å²) in [5, 5.41) is 3.26. The van der Waals surface area contributed by atoms with Gasteiger partial charge in [0.2, 0.25) is 0 Å². The summed E-state index contributed by atoms with van der Waals surface area (Å²) < 4.78 is 5.85. The van der Waals surface area contributed by atoms with Crippen LogP contribution in [0.5, 0.6) is 0 Å². The first-order chi connectivity index (χ1) is 8.20. The summed E-state index contributed by atoms with van der Waals surface area (Å²) in [4.78, 5) is 0. The van der Waals surface area contributed by atoms with Crippen molar-refractivity contribution in [1.82, 2.24) is 5.32 Å². The Morgan fingerprint density at radius 2 is 1.94 bits per heavy atom. The highest BCUT2D eigenvalue weighted by Crippen LogP contribution is 2.23. The maximum absolute atomic E-state index is 5.85. The van der Waals surface area contributed by atoms with Crippen LogP contribution in [0.1, 0.15) is 32.3 Å². The van der Waals surface area contributed by atoms with Gasteiger partial charge in [0.25, 0.3) is 0 Å². The fourth-order valence-electron chi connectivity index (χ4n) is 2.23. The summed E-state index contributed by atoms with van der Waals surface area (Å²) >= 11 is 0. The minimum atomic E-state index is 0.248. The summed E-state index contributed by atoms with van der Waals surface area (Å²) in [5.74, 6) is 0. The lowest BCUT2D eigenvalue weighted by Gasteiger charge is -2.28. The molecule has 0 aliphatic rings. The van der Waals surface area contributed by atoms with Crippen LogP contribution in [0.3, 0.4) is 0 Å². The molecule has 96 valence electrons. The number of hydrogen-bond acceptors (Lipinski definition) is 2. The van der Waals surface area contributed by atoms with E-state index in [0.29, 0.717) is 6.61 Å². The van der Waals surface area contributed by atoms with Crippen molar-refractivity contribution in [3.05, 3.63) is 35.9 Å². The molecule has 0 aliphatic carbocycles. The van der Waals surface area contributed by atoms with E-state index in [2.05, 4.69) is 43.4 Å². The number of hydrogen-bond donors (Lipinski definition) is 1. The van der Waals surface area contributed by atoms with Crippen LogP contribution in [0.25, 0.3) is 0 Å². The highest BCUT2D eigenvalue weighted by atomic mass is 16.5. The van der Waals surface area contributed by atoms with E-state index < -0.39 is 0 Å². The zero-order valence-corrected chi connectivity index (χ0v) is 11.3. The third kappa shape index (κ3) is 5.33. The Bertz CT molecular complexity index is 291. The first-order valence-corrected chi connectivity index (χ1v) is 6.46. The van der Waals surface area contributed by atoms with E-state index in [9.17, 15) is 0 Å². The number of benzene rings is 1. The molecule has 1 atom stereocenters. The lowest BCUT2D eigenvalue weighted by atomic mass is 9.86. The van der Waals surface area contributed by atoms with Crippen molar-refractivity contribution >= 4 is 0 Å². The Hall–Kier alpha value is -0.860. The van der Waals surface area contributed by atoms with Gasteiger partial charge in [0, 0.05) is 12.0 Å². The predicted molar refractivity (Wildman–Crippen MR) is 73.0 cm³/mol. The zero-order chi connectivity index (χ0) is 12.6. The maximum Gasteiger partial charge on any atom is 0.0717 e. The van der Waals surface area contributed by atoms with Crippen LogP contribution in [0.15, 0.2) is 30.3 Å². The zero-order valence-electron chi connectivity index (χ0n) is 11.3. The molecule has 1 rings (SSSR count). The van der Waals surface area contributed by atoms with E-state index in [1.165, 1.54) is 18.4 Å². The first kappa shape index (κ1) is 14.2. The monoisotopic (exact) mass is 235 g/mol. The lowest BCUT2D eigenvalue weighted by Crippen LogP contribution is -2.34. The molecule has 0 saturated heterocycles. The molecule has 0 fully saturated rings. The minimum absolute atomic E-state index is 0.248. The van der Waals surface area contributed by atoms with Gasteiger partial charge in [-0.1, -0.05) is 50.6 Å². The highest BCUT2D eigenvalue weighted by molar-refractivity contribution is 5.13. The van der Waals surface area contributed by atoms with E-state index >= 15 is 0 Å². The van der Waals surface area contributed by atoms with Crippen LogP contribution in [0.4, 0.5) is 0 Å².